The van der Waals surface area contributed by atoms with Crippen LogP contribution in [0.3, 0.4) is 0 Å². The average molecular weight is 375 g/mol. The number of nitrogens with one attached hydrogen (secondary N) is 1. The Morgan fingerprint density at radius 2 is 1.69 bits per heavy atom. The zero-order valence-electron chi connectivity index (χ0n) is 15.5. The maximum atomic E-state index is 12.6. The summed E-state index contributed by atoms with van der Waals surface area (Å²) in [5, 5.41) is 2.81. The highest BCUT2D eigenvalue weighted by atomic mass is 32.2. The molecule has 1 atom stereocenters. The van der Waals surface area contributed by atoms with Gasteiger partial charge >= 0.3 is 0 Å². The number of carbonyl (C=O) groups excluding carboxylic acids is 1. The Kier molecular flexibility index (Phi) is 6.94. The highest BCUT2D eigenvalue weighted by Gasteiger charge is 2.22. The Hall–Kier alpha value is -2.18. The Balaban J connectivity index is 2.10. The van der Waals surface area contributed by atoms with Crippen LogP contribution in [-0.2, 0) is 14.8 Å². The Labute approximate surface area is 156 Å². The molecule has 0 aliphatic rings. The molecular weight excluding hydrogens is 348 g/mol. The molecule has 0 aliphatic heterocycles. The molecule has 0 fully saturated rings. The van der Waals surface area contributed by atoms with Crippen LogP contribution in [0.1, 0.15) is 38.7 Å². The molecule has 0 unspecified atom stereocenters. The molecule has 2 aromatic carbocycles. The number of hydrogen-bond donors (Lipinski definition) is 1. The molecule has 26 heavy (non-hydrogen) atoms. The van der Waals surface area contributed by atoms with Crippen molar-refractivity contribution in [2.75, 3.05) is 18.4 Å². The van der Waals surface area contributed by atoms with Crippen LogP contribution in [0.5, 0.6) is 0 Å². The van der Waals surface area contributed by atoms with E-state index >= 15 is 0 Å². The second-order valence-electron chi connectivity index (χ2n) is 6.18. The molecule has 0 bridgehead atoms. The lowest BCUT2D eigenvalue weighted by molar-refractivity contribution is -0.116. The lowest BCUT2D eigenvalue weighted by Crippen LogP contribution is -2.30. The van der Waals surface area contributed by atoms with Crippen molar-refractivity contribution in [1.29, 1.82) is 0 Å². The van der Waals surface area contributed by atoms with Crippen molar-refractivity contribution >= 4 is 21.6 Å². The third kappa shape index (κ3) is 4.93. The molecule has 0 radical (unpaired) electrons. The van der Waals surface area contributed by atoms with Crippen LogP contribution in [0.15, 0.2) is 59.5 Å². The molecular formula is C20H26N2O3S. The first-order valence-electron chi connectivity index (χ1n) is 8.83. The lowest BCUT2D eigenvalue weighted by atomic mass is 9.97. The maximum Gasteiger partial charge on any atom is 0.243 e. The second kappa shape index (κ2) is 8.96. The summed E-state index contributed by atoms with van der Waals surface area (Å²) in [6.45, 7) is 6.42. The van der Waals surface area contributed by atoms with Gasteiger partial charge in [-0.25, -0.2) is 8.42 Å². The van der Waals surface area contributed by atoms with Crippen LogP contribution in [-0.4, -0.2) is 31.7 Å². The van der Waals surface area contributed by atoms with Gasteiger partial charge in [-0.15, -0.1) is 0 Å². The lowest BCUT2D eigenvalue weighted by Gasteiger charge is -2.19. The van der Waals surface area contributed by atoms with E-state index in [-0.39, 0.29) is 16.7 Å². The standard InChI is InChI=1S/C20H26N2O3S/c1-4-22(5-2)26(24,25)19-13-9-12-18(15-19)21-20(23)14-16(3)17-10-7-6-8-11-17/h6-13,15-16H,4-5,14H2,1-3H3,(H,21,23)/t16-/m1/s1. The fourth-order valence-electron chi connectivity index (χ4n) is 2.84. The SMILES string of the molecule is CCN(CC)S(=O)(=O)c1cccc(NC(=O)C[C@@H](C)c2ccccc2)c1. The van der Waals surface area contributed by atoms with E-state index in [9.17, 15) is 13.2 Å². The summed E-state index contributed by atoms with van der Waals surface area (Å²) in [6.07, 6.45) is 0.330. The molecule has 140 valence electrons. The number of carbonyl (C=O) groups is 1. The minimum Gasteiger partial charge on any atom is -0.326 e. The minimum absolute atomic E-state index is 0.0822. The number of benzene rings is 2. The summed E-state index contributed by atoms with van der Waals surface area (Å²) in [7, 11) is -3.54. The number of anilines is 1. The predicted molar refractivity (Wildman–Crippen MR) is 105 cm³/mol. The van der Waals surface area contributed by atoms with Gasteiger partial charge in [-0.05, 0) is 29.7 Å². The molecule has 0 aliphatic carbocycles. The topological polar surface area (TPSA) is 66.5 Å². The van der Waals surface area contributed by atoms with Crippen LogP contribution < -0.4 is 5.32 Å². The van der Waals surface area contributed by atoms with Gasteiger partial charge in [0.15, 0.2) is 0 Å². The highest BCUT2D eigenvalue weighted by molar-refractivity contribution is 7.89. The minimum atomic E-state index is -3.54. The van der Waals surface area contributed by atoms with E-state index in [0.717, 1.165) is 5.56 Å². The van der Waals surface area contributed by atoms with E-state index in [1.807, 2.05) is 37.3 Å². The first kappa shape index (κ1) is 20.1. The third-order valence-electron chi connectivity index (χ3n) is 4.32. The van der Waals surface area contributed by atoms with Crippen molar-refractivity contribution in [3.8, 4) is 0 Å². The quantitative estimate of drug-likeness (QED) is 0.763. The van der Waals surface area contributed by atoms with Crippen LogP contribution >= 0.6 is 0 Å². The van der Waals surface area contributed by atoms with Crippen LogP contribution in [0.4, 0.5) is 5.69 Å². The Morgan fingerprint density at radius 1 is 1.04 bits per heavy atom. The van der Waals surface area contributed by atoms with Crippen molar-refractivity contribution in [3.05, 3.63) is 60.2 Å². The molecule has 2 aromatic rings. The largest absolute Gasteiger partial charge is 0.326 e. The van der Waals surface area contributed by atoms with Gasteiger partial charge in [-0.2, -0.15) is 4.31 Å². The predicted octanol–water partition coefficient (Wildman–Crippen LogP) is 3.85. The summed E-state index contributed by atoms with van der Waals surface area (Å²) in [6, 6.07) is 16.2. The van der Waals surface area contributed by atoms with Crippen LogP contribution in [0.2, 0.25) is 0 Å². The summed E-state index contributed by atoms with van der Waals surface area (Å²) in [4.78, 5) is 12.5. The first-order chi connectivity index (χ1) is 12.4. The number of hydrogen-bond acceptors (Lipinski definition) is 3. The smallest absolute Gasteiger partial charge is 0.243 e. The van der Waals surface area contributed by atoms with Gasteiger partial charge in [0.1, 0.15) is 0 Å². The summed E-state index contributed by atoms with van der Waals surface area (Å²) in [5.74, 6) is -0.0578. The molecule has 0 saturated carbocycles. The van der Waals surface area contributed by atoms with E-state index in [4.69, 9.17) is 0 Å². The molecule has 6 heteroatoms. The van der Waals surface area contributed by atoms with E-state index in [1.54, 1.807) is 32.0 Å². The number of sulfonamides is 1. The van der Waals surface area contributed by atoms with Gasteiger partial charge in [0.25, 0.3) is 0 Å². The Bertz CT molecular complexity index is 831. The van der Waals surface area contributed by atoms with Crippen LogP contribution in [0.25, 0.3) is 0 Å². The van der Waals surface area contributed by atoms with Gasteiger partial charge in [0.2, 0.25) is 15.9 Å². The molecule has 2 rings (SSSR count). The van der Waals surface area contributed by atoms with Gasteiger partial charge < -0.3 is 5.32 Å². The van der Waals surface area contributed by atoms with E-state index < -0.39 is 10.0 Å². The van der Waals surface area contributed by atoms with Gasteiger partial charge in [0, 0.05) is 25.2 Å². The molecule has 5 nitrogen and oxygen atoms in total. The van der Waals surface area contributed by atoms with Gasteiger partial charge in [-0.1, -0.05) is 57.2 Å². The maximum absolute atomic E-state index is 12.6. The van der Waals surface area contributed by atoms with Crippen molar-refractivity contribution in [2.24, 2.45) is 0 Å². The first-order valence-corrected chi connectivity index (χ1v) is 10.3. The van der Waals surface area contributed by atoms with E-state index in [2.05, 4.69) is 5.32 Å². The zero-order chi connectivity index (χ0) is 19.2. The van der Waals surface area contributed by atoms with Gasteiger partial charge in [0.05, 0.1) is 4.90 Å². The molecule has 0 spiro atoms. The van der Waals surface area contributed by atoms with Crippen molar-refractivity contribution in [2.45, 2.75) is 38.0 Å². The fourth-order valence-corrected chi connectivity index (χ4v) is 4.34. The Morgan fingerprint density at radius 3 is 2.31 bits per heavy atom. The number of rotatable bonds is 8. The number of nitrogens with zero attached hydrogens (tertiary/aromatic N) is 1. The van der Waals surface area contributed by atoms with Crippen molar-refractivity contribution in [3.63, 3.8) is 0 Å². The molecule has 0 saturated heterocycles. The number of amides is 1. The molecule has 0 aromatic heterocycles. The summed E-state index contributed by atoms with van der Waals surface area (Å²) >= 11 is 0. The molecule has 0 heterocycles. The van der Waals surface area contributed by atoms with E-state index in [0.29, 0.717) is 25.2 Å². The third-order valence-corrected chi connectivity index (χ3v) is 6.37. The normalized spacial score (nSPS) is 12.8. The van der Waals surface area contributed by atoms with Crippen molar-refractivity contribution in [1.82, 2.24) is 4.31 Å². The van der Waals surface area contributed by atoms with Gasteiger partial charge in [-0.3, -0.25) is 4.79 Å². The average Bonchev–Trinajstić information content (AvgIpc) is 2.63. The van der Waals surface area contributed by atoms with E-state index in [1.165, 1.54) is 10.4 Å². The molecule has 1 amide bonds. The summed E-state index contributed by atoms with van der Waals surface area (Å²) in [5.41, 5.74) is 1.59. The second-order valence-corrected chi connectivity index (χ2v) is 8.12. The van der Waals surface area contributed by atoms with Crippen LogP contribution in [0, 0.1) is 0 Å². The van der Waals surface area contributed by atoms with Crippen molar-refractivity contribution < 1.29 is 13.2 Å². The zero-order valence-corrected chi connectivity index (χ0v) is 16.3. The summed E-state index contributed by atoms with van der Waals surface area (Å²) < 4.78 is 26.6. The highest BCUT2D eigenvalue weighted by Crippen LogP contribution is 2.22. The molecule has 1 N–H and O–H groups in total. The fraction of sp³-hybridized carbons (Fsp3) is 0.350. The monoisotopic (exact) mass is 374 g/mol.